The van der Waals surface area contributed by atoms with E-state index in [-0.39, 0.29) is 11.8 Å². The number of benzene rings is 3. The molecule has 0 radical (unpaired) electrons. The van der Waals surface area contributed by atoms with E-state index in [0.29, 0.717) is 59.0 Å². The normalized spacial score (nSPS) is 15.0. The zero-order valence-electron chi connectivity index (χ0n) is 24.3. The minimum absolute atomic E-state index is 0.170. The Morgan fingerprint density at radius 3 is 2.44 bits per heavy atom. The van der Waals surface area contributed by atoms with Gasteiger partial charge in [0.25, 0.3) is 11.8 Å². The van der Waals surface area contributed by atoms with Crippen LogP contribution in [0.5, 0.6) is 0 Å². The van der Waals surface area contributed by atoms with Gasteiger partial charge in [0, 0.05) is 33.9 Å². The molecule has 0 saturated carbocycles. The minimum atomic E-state index is -0.536. The van der Waals surface area contributed by atoms with E-state index in [1.165, 1.54) is 0 Å². The number of carbonyl (C=O) groups excluding carboxylic acids is 3. The summed E-state index contributed by atoms with van der Waals surface area (Å²) < 4.78 is 6.55. The highest BCUT2D eigenvalue weighted by molar-refractivity contribution is 6.30. The summed E-state index contributed by atoms with van der Waals surface area (Å²) in [5.74, 6) is -0.372. The Bertz CT molecular complexity index is 1450. The van der Waals surface area contributed by atoms with Crippen LogP contribution in [-0.2, 0) is 4.74 Å². The van der Waals surface area contributed by atoms with Crippen molar-refractivity contribution < 1.29 is 23.6 Å². The molecule has 0 aliphatic carbocycles. The first-order chi connectivity index (χ1) is 19.4. The van der Waals surface area contributed by atoms with Gasteiger partial charge >= 0.3 is 6.09 Å². The Balaban J connectivity index is 1.52. The highest BCUT2D eigenvalue weighted by Gasteiger charge is 2.30. The van der Waals surface area contributed by atoms with E-state index >= 15 is 0 Å². The summed E-state index contributed by atoms with van der Waals surface area (Å²) in [4.78, 5) is 41.0. The van der Waals surface area contributed by atoms with E-state index in [2.05, 4.69) is 31.8 Å². The van der Waals surface area contributed by atoms with Crippen LogP contribution >= 0.6 is 11.6 Å². The van der Waals surface area contributed by atoms with Crippen molar-refractivity contribution >= 4 is 40.9 Å². The van der Waals surface area contributed by atoms with Gasteiger partial charge in [0.15, 0.2) is 0 Å². The first-order valence-corrected chi connectivity index (χ1v) is 14.1. The molecule has 0 saturated heterocycles. The number of alkyl carbamates (subject to hydrolysis) is 1. The average molecular weight is 578 g/mol. The van der Waals surface area contributed by atoms with Crippen LogP contribution in [0.4, 0.5) is 16.2 Å². The molecule has 1 aliphatic rings. The maximum Gasteiger partial charge on any atom is 0.407 e. The first kappa shape index (κ1) is 30.1. The number of rotatable bonds is 7. The Kier molecular flexibility index (Phi) is 9.35. The molecule has 2 N–H and O–H groups in total. The Morgan fingerprint density at radius 2 is 1.73 bits per heavy atom. The van der Waals surface area contributed by atoms with Gasteiger partial charge in [-0.1, -0.05) is 29.8 Å². The third-order valence-corrected chi connectivity index (χ3v) is 7.36. The molecule has 0 fully saturated rings. The summed E-state index contributed by atoms with van der Waals surface area (Å²) >= 11 is 6.35. The molecule has 1 aliphatic heterocycles. The van der Waals surface area contributed by atoms with Crippen molar-refractivity contribution in [2.45, 2.75) is 32.8 Å². The van der Waals surface area contributed by atoms with Crippen molar-refractivity contribution in [2.75, 3.05) is 51.0 Å². The van der Waals surface area contributed by atoms with Gasteiger partial charge in [0.1, 0.15) is 6.10 Å². The van der Waals surface area contributed by atoms with Gasteiger partial charge < -0.3 is 24.8 Å². The van der Waals surface area contributed by atoms with E-state index in [1.807, 2.05) is 32.0 Å². The van der Waals surface area contributed by atoms with E-state index in [4.69, 9.17) is 16.3 Å². The zero-order chi connectivity index (χ0) is 29.7. The van der Waals surface area contributed by atoms with Crippen LogP contribution in [0.25, 0.3) is 0 Å². The summed E-state index contributed by atoms with van der Waals surface area (Å²) in [6.07, 6.45) is 0.167. The number of amides is 3. The fraction of sp³-hybridized carbons (Fsp3) is 0.344. The number of hydrogen-bond acceptors (Lipinski definition) is 4. The van der Waals surface area contributed by atoms with Crippen molar-refractivity contribution in [2.24, 2.45) is 0 Å². The third kappa shape index (κ3) is 7.65. The number of likely N-dealkylation sites (N-methyl/N-ethyl adjacent to an activating group) is 1. The molecule has 3 aromatic rings. The molecular formula is C32H38ClN4O4+. The number of nitrogens with one attached hydrogen (secondary N) is 2. The van der Waals surface area contributed by atoms with Gasteiger partial charge in [-0.05, 0) is 80.3 Å². The number of carbonyl (C=O) groups is 3. The second kappa shape index (κ2) is 12.7. The monoisotopic (exact) mass is 577 g/mol. The zero-order valence-corrected chi connectivity index (χ0v) is 25.0. The number of quaternary nitrogens is 1. The molecule has 4 rings (SSSR count). The first-order valence-electron chi connectivity index (χ1n) is 13.8. The molecule has 3 aromatic carbocycles. The highest BCUT2D eigenvalue weighted by Crippen LogP contribution is 2.38. The fourth-order valence-corrected chi connectivity index (χ4v) is 5.07. The molecule has 1 atom stereocenters. The molecule has 41 heavy (non-hydrogen) atoms. The van der Waals surface area contributed by atoms with Gasteiger partial charge in [0.2, 0.25) is 0 Å². The van der Waals surface area contributed by atoms with Crippen LogP contribution < -0.4 is 15.5 Å². The van der Waals surface area contributed by atoms with Gasteiger partial charge in [-0.15, -0.1) is 0 Å². The molecule has 0 bridgehead atoms. The molecular weight excluding hydrogens is 540 g/mol. The SMILES string of the molecule is Cc1ccccc1C(=O)Nc1ccc(C(=O)N2CCCC(OC(=O)NCC[N+](C)(C)C)c3cc(Cl)ccc32)c(C)c1. The molecule has 0 spiro atoms. The number of nitrogens with zero attached hydrogens (tertiary/aromatic N) is 2. The summed E-state index contributed by atoms with van der Waals surface area (Å²) in [5, 5.41) is 6.26. The lowest BCUT2D eigenvalue weighted by Crippen LogP contribution is -2.42. The van der Waals surface area contributed by atoms with Crippen LogP contribution in [0.15, 0.2) is 60.7 Å². The van der Waals surface area contributed by atoms with E-state index in [0.717, 1.165) is 22.2 Å². The lowest BCUT2D eigenvalue weighted by molar-refractivity contribution is -0.869. The predicted octanol–water partition coefficient (Wildman–Crippen LogP) is 6.12. The maximum atomic E-state index is 13.9. The van der Waals surface area contributed by atoms with E-state index in [9.17, 15) is 14.4 Å². The molecule has 216 valence electrons. The number of ether oxygens (including phenoxy) is 1. The Hall–Kier alpha value is -3.88. The quantitative estimate of drug-likeness (QED) is 0.331. The minimum Gasteiger partial charge on any atom is -0.441 e. The smallest absolute Gasteiger partial charge is 0.407 e. The second-order valence-corrected chi connectivity index (χ2v) is 11.9. The van der Waals surface area contributed by atoms with Crippen molar-refractivity contribution in [3.8, 4) is 0 Å². The van der Waals surface area contributed by atoms with Crippen LogP contribution in [0, 0.1) is 13.8 Å². The average Bonchev–Trinajstić information content (AvgIpc) is 3.07. The number of aryl methyl sites for hydroxylation is 2. The van der Waals surface area contributed by atoms with Crippen LogP contribution in [0.3, 0.4) is 0 Å². The largest absolute Gasteiger partial charge is 0.441 e. The summed E-state index contributed by atoms with van der Waals surface area (Å²) in [6.45, 7) is 5.45. The molecule has 3 amide bonds. The van der Waals surface area contributed by atoms with E-state index < -0.39 is 12.2 Å². The van der Waals surface area contributed by atoms with Gasteiger partial charge in [0.05, 0.1) is 39.9 Å². The topological polar surface area (TPSA) is 87.7 Å². The van der Waals surface area contributed by atoms with Crippen LogP contribution in [0.2, 0.25) is 5.02 Å². The van der Waals surface area contributed by atoms with Gasteiger partial charge in [-0.25, -0.2) is 4.79 Å². The molecule has 0 aromatic heterocycles. The lowest BCUT2D eigenvalue weighted by Gasteiger charge is -2.26. The fourth-order valence-electron chi connectivity index (χ4n) is 4.89. The number of halogens is 1. The van der Waals surface area contributed by atoms with Crippen molar-refractivity contribution in [1.82, 2.24) is 5.32 Å². The standard InChI is InChI=1S/C32H37ClN4O4/c1-21-9-6-7-10-25(21)30(38)35-24-13-14-26(22(2)19-24)31(39)36-17-8-11-29(27-20-23(33)12-15-28(27)36)41-32(40)34-16-18-37(3,4)5/h6-7,9-10,12-15,19-20,29H,8,11,16-18H2,1-5H3,(H-,34,35,38,39,40)/p+1. The van der Waals surface area contributed by atoms with Crippen molar-refractivity contribution in [3.05, 3.63) is 93.5 Å². The second-order valence-electron chi connectivity index (χ2n) is 11.4. The van der Waals surface area contributed by atoms with E-state index in [1.54, 1.807) is 47.4 Å². The summed E-state index contributed by atoms with van der Waals surface area (Å²) in [5.41, 5.74) is 4.72. The van der Waals surface area contributed by atoms with Crippen molar-refractivity contribution in [3.63, 3.8) is 0 Å². The van der Waals surface area contributed by atoms with Crippen LogP contribution in [0.1, 0.15) is 56.4 Å². The molecule has 8 nitrogen and oxygen atoms in total. The summed E-state index contributed by atoms with van der Waals surface area (Å²) in [7, 11) is 6.16. The maximum absolute atomic E-state index is 13.9. The number of hydrogen-bond donors (Lipinski definition) is 2. The Morgan fingerprint density at radius 1 is 0.976 bits per heavy atom. The van der Waals surface area contributed by atoms with Gasteiger partial charge in [-0.3, -0.25) is 9.59 Å². The third-order valence-electron chi connectivity index (χ3n) is 7.13. The predicted molar refractivity (Wildman–Crippen MR) is 163 cm³/mol. The number of anilines is 2. The highest BCUT2D eigenvalue weighted by atomic mass is 35.5. The molecule has 1 heterocycles. The van der Waals surface area contributed by atoms with Crippen LogP contribution in [-0.4, -0.2) is 63.2 Å². The number of fused-ring (bicyclic) bond motifs is 1. The lowest BCUT2D eigenvalue weighted by atomic mass is 10.0. The Labute approximate surface area is 246 Å². The van der Waals surface area contributed by atoms with Crippen molar-refractivity contribution in [1.29, 1.82) is 0 Å². The summed E-state index contributed by atoms with van der Waals surface area (Å²) in [6, 6.07) is 18.0. The van der Waals surface area contributed by atoms with Gasteiger partial charge in [-0.2, -0.15) is 0 Å². The molecule has 9 heteroatoms. The molecule has 1 unspecified atom stereocenters.